The molecule has 0 saturated heterocycles. The Bertz CT molecular complexity index is 339. The molecule has 0 aliphatic carbocycles. The number of hydrogen-bond acceptors (Lipinski definition) is 3. The lowest BCUT2D eigenvalue weighted by atomic mass is 9.89. The topological polar surface area (TPSA) is 41.5 Å². The van der Waals surface area contributed by atoms with Crippen LogP contribution >= 0.6 is 0 Å². The second-order valence-corrected chi connectivity index (χ2v) is 5.08. The molecular weight excluding hydrogens is 226 g/mol. The van der Waals surface area contributed by atoms with E-state index in [0.29, 0.717) is 17.6 Å². The van der Waals surface area contributed by atoms with Gasteiger partial charge in [-0.05, 0) is 42.5 Å². The fourth-order valence-corrected chi connectivity index (χ4v) is 1.99. The van der Waals surface area contributed by atoms with Crippen LogP contribution in [0.3, 0.4) is 0 Å². The molecule has 0 aliphatic heterocycles. The van der Waals surface area contributed by atoms with Gasteiger partial charge in [-0.3, -0.25) is 0 Å². The molecule has 1 aromatic carbocycles. The molecule has 18 heavy (non-hydrogen) atoms. The maximum absolute atomic E-state index is 9.48. The molecule has 102 valence electrons. The molecule has 0 spiro atoms. The molecule has 1 rings (SSSR count). The third kappa shape index (κ3) is 5.52. The molecule has 1 unspecified atom stereocenters. The van der Waals surface area contributed by atoms with Gasteiger partial charge >= 0.3 is 0 Å². The molecule has 3 heteroatoms. The highest BCUT2D eigenvalue weighted by atomic mass is 16.5. The second-order valence-electron chi connectivity index (χ2n) is 5.08. The largest absolute Gasteiger partial charge is 0.508 e. The Morgan fingerprint density at radius 1 is 1.33 bits per heavy atom. The summed E-state index contributed by atoms with van der Waals surface area (Å²) in [6, 6.07) is 7.54. The van der Waals surface area contributed by atoms with Crippen molar-refractivity contribution >= 4 is 0 Å². The van der Waals surface area contributed by atoms with Gasteiger partial charge in [-0.2, -0.15) is 0 Å². The second kappa shape index (κ2) is 8.11. The van der Waals surface area contributed by atoms with Crippen LogP contribution in [0.2, 0.25) is 0 Å². The zero-order chi connectivity index (χ0) is 13.4. The summed E-state index contributed by atoms with van der Waals surface area (Å²) < 4.78 is 5.02. The van der Waals surface area contributed by atoms with Crippen molar-refractivity contribution in [1.29, 1.82) is 0 Å². The van der Waals surface area contributed by atoms with Crippen LogP contribution in [0, 0.1) is 11.8 Å². The van der Waals surface area contributed by atoms with E-state index in [1.807, 2.05) is 12.1 Å². The van der Waals surface area contributed by atoms with Gasteiger partial charge in [-0.25, -0.2) is 0 Å². The molecule has 1 aromatic rings. The van der Waals surface area contributed by atoms with Gasteiger partial charge in [0.25, 0.3) is 0 Å². The minimum atomic E-state index is 0.349. The number of benzene rings is 1. The van der Waals surface area contributed by atoms with Crippen molar-refractivity contribution in [3.63, 3.8) is 0 Å². The summed E-state index contributed by atoms with van der Waals surface area (Å²) in [5.74, 6) is 1.54. The third-order valence-corrected chi connectivity index (χ3v) is 3.24. The van der Waals surface area contributed by atoms with Gasteiger partial charge in [0.05, 0.1) is 6.61 Å². The highest BCUT2D eigenvalue weighted by Gasteiger charge is 2.13. The average molecular weight is 251 g/mol. The number of hydrogen-bond donors (Lipinski definition) is 2. The Morgan fingerprint density at radius 3 is 2.72 bits per heavy atom. The van der Waals surface area contributed by atoms with E-state index in [9.17, 15) is 5.11 Å². The van der Waals surface area contributed by atoms with E-state index in [-0.39, 0.29) is 0 Å². The van der Waals surface area contributed by atoms with E-state index in [1.165, 1.54) is 5.56 Å². The van der Waals surface area contributed by atoms with Crippen molar-refractivity contribution in [2.45, 2.75) is 20.3 Å². The molecule has 3 nitrogen and oxygen atoms in total. The molecule has 0 saturated carbocycles. The summed E-state index contributed by atoms with van der Waals surface area (Å²) >= 11 is 0. The van der Waals surface area contributed by atoms with Crippen molar-refractivity contribution in [3.05, 3.63) is 29.8 Å². The minimum absolute atomic E-state index is 0.349. The Balaban J connectivity index is 2.47. The van der Waals surface area contributed by atoms with Gasteiger partial charge in [0.15, 0.2) is 0 Å². The quantitative estimate of drug-likeness (QED) is 0.697. The van der Waals surface area contributed by atoms with Crippen molar-refractivity contribution in [2.24, 2.45) is 11.8 Å². The average Bonchev–Trinajstić information content (AvgIpc) is 2.33. The van der Waals surface area contributed by atoms with Gasteiger partial charge in [-0.1, -0.05) is 26.0 Å². The normalized spacial score (nSPS) is 12.9. The highest BCUT2D eigenvalue weighted by Crippen LogP contribution is 2.19. The number of phenolic OH excluding ortho intramolecular Hbond substituents is 1. The maximum Gasteiger partial charge on any atom is 0.115 e. The molecule has 0 aromatic heterocycles. The van der Waals surface area contributed by atoms with Crippen molar-refractivity contribution < 1.29 is 9.84 Å². The van der Waals surface area contributed by atoms with Gasteiger partial charge in [0, 0.05) is 13.7 Å². The monoisotopic (exact) mass is 251 g/mol. The van der Waals surface area contributed by atoms with Crippen LogP contribution in [0.4, 0.5) is 0 Å². The standard InChI is InChI=1S/C15H25NO2/c1-12(2)14(11-16-7-8-18-3)9-13-5-4-6-15(17)10-13/h4-6,10,12,14,16-17H,7-9,11H2,1-3H3. The Labute approximate surface area is 110 Å². The zero-order valence-corrected chi connectivity index (χ0v) is 11.6. The lowest BCUT2D eigenvalue weighted by Gasteiger charge is -2.21. The summed E-state index contributed by atoms with van der Waals surface area (Å²) in [7, 11) is 1.72. The highest BCUT2D eigenvalue weighted by molar-refractivity contribution is 5.27. The van der Waals surface area contributed by atoms with Gasteiger partial charge in [0.1, 0.15) is 5.75 Å². The fourth-order valence-electron chi connectivity index (χ4n) is 1.99. The lowest BCUT2D eigenvalue weighted by Crippen LogP contribution is -2.30. The Morgan fingerprint density at radius 2 is 2.11 bits per heavy atom. The number of ether oxygens (including phenoxy) is 1. The van der Waals surface area contributed by atoms with E-state index in [0.717, 1.165) is 26.1 Å². The molecule has 1 atom stereocenters. The first-order chi connectivity index (χ1) is 8.63. The number of aromatic hydroxyl groups is 1. The Kier molecular flexibility index (Phi) is 6.76. The third-order valence-electron chi connectivity index (χ3n) is 3.24. The van der Waals surface area contributed by atoms with Crippen LogP contribution in [0.25, 0.3) is 0 Å². The van der Waals surface area contributed by atoms with Crippen LogP contribution in [-0.4, -0.2) is 31.9 Å². The van der Waals surface area contributed by atoms with E-state index in [4.69, 9.17) is 4.74 Å². The zero-order valence-electron chi connectivity index (χ0n) is 11.6. The molecule has 0 heterocycles. The molecule has 0 bridgehead atoms. The summed E-state index contributed by atoms with van der Waals surface area (Å²) in [5.41, 5.74) is 1.20. The number of nitrogens with one attached hydrogen (secondary N) is 1. The summed E-state index contributed by atoms with van der Waals surface area (Å²) in [6.45, 7) is 7.10. The first-order valence-electron chi connectivity index (χ1n) is 6.61. The molecule has 0 aliphatic rings. The Hall–Kier alpha value is -1.06. The molecular formula is C15H25NO2. The van der Waals surface area contributed by atoms with Gasteiger partial charge < -0.3 is 15.2 Å². The van der Waals surface area contributed by atoms with E-state index < -0.39 is 0 Å². The van der Waals surface area contributed by atoms with Crippen LogP contribution in [-0.2, 0) is 11.2 Å². The SMILES string of the molecule is COCCNCC(Cc1cccc(O)c1)C(C)C. The van der Waals surface area contributed by atoms with Crippen LogP contribution in [0.15, 0.2) is 24.3 Å². The van der Waals surface area contributed by atoms with Crippen LogP contribution in [0.1, 0.15) is 19.4 Å². The summed E-state index contributed by atoms with van der Waals surface area (Å²) in [6.07, 6.45) is 0.992. The number of rotatable bonds is 8. The van der Waals surface area contributed by atoms with E-state index in [1.54, 1.807) is 13.2 Å². The number of methoxy groups -OCH3 is 1. The maximum atomic E-state index is 9.48. The van der Waals surface area contributed by atoms with Crippen molar-refractivity contribution in [1.82, 2.24) is 5.32 Å². The molecule has 2 N–H and O–H groups in total. The predicted octanol–water partition coefficient (Wildman–Crippen LogP) is 2.44. The molecule has 0 amide bonds. The fraction of sp³-hybridized carbons (Fsp3) is 0.600. The lowest BCUT2D eigenvalue weighted by molar-refractivity contribution is 0.196. The number of phenols is 1. The van der Waals surface area contributed by atoms with Crippen molar-refractivity contribution in [3.8, 4) is 5.75 Å². The minimum Gasteiger partial charge on any atom is -0.508 e. The summed E-state index contributed by atoms with van der Waals surface area (Å²) in [5, 5.41) is 12.9. The van der Waals surface area contributed by atoms with Gasteiger partial charge in [-0.15, -0.1) is 0 Å². The molecule has 0 radical (unpaired) electrons. The summed E-state index contributed by atoms with van der Waals surface area (Å²) in [4.78, 5) is 0. The smallest absolute Gasteiger partial charge is 0.115 e. The van der Waals surface area contributed by atoms with Gasteiger partial charge in [0.2, 0.25) is 0 Å². The van der Waals surface area contributed by atoms with E-state index >= 15 is 0 Å². The predicted molar refractivity (Wildman–Crippen MR) is 74.9 cm³/mol. The first kappa shape index (κ1) is 15.0. The van der Waals surface area contributed by atoms with E-state index in [2.05, 4.69) is 25.2 Å². The van der Waals surface area contributed by atoms with Crippen LogP contribution in [0.5, 0.6) is 5.75 Å². The van der Waals surface area contributed by atoms with Crippen molar-refractivity contribution in [2.75, 3.05) is 26.8 Å². The van der Waals surface area contributed by atoms with Crippen LogP contribution < -0.4 is 5.32 Å². The molecule has 0 fully saturated rings. The first-order valence-corrected chi connectivity index (χ1v) is 6.61.